The SMILES string of the molecule is N#Cc1cnoc1N1CC(CO)CC1=O. The van der Waals surface area contributed by atoms with Crippen LogP contribution in [0.2, 0.25) is 0 Å². The molecule has 2 rings (SSSR count). The van der Waals surface area contributed by atoms with Crippen LogP contribution in [0, 0.1) is 17.2 Å². The Balaban J connectivity index is 2.26. The lowest BCUT2D eigenvalue weighted by Gasteiger charge is -2.11. The molecule has 0 spiro atoms. The summed E-state index contributed by atoms with van der Waals surface area (Å²) in [5.41, 5.74) is 0.238. The van der Waals surface area contributed by atoms with E-state index in [1.165, 1.54) is 11.1 Å². The molecule has 1 atom stereocenters. The molecule has 1 aromatic rings. The van der Waals surface area contributed by atoms with Crippen molar-refractivity contribution >= 4 is 11.8 Å². The van der Waals surface area contributed by atoms with Crippen LogP contribution in [0.5, 0.6) is 0 Å². The summed E-state index contributed by atoms with van der Waals surface area (Å²) in [7, 11) is 0. The van der Waals surface area contributed by atoms with Crippen molar-refractivity contribution in [3.63, 3.8) is 0 Å². The fourth-order valence-electron chi connectivity index (χ4n) is 1.60. The van der Waals surface area contributed by atoms with Crippen molar-refractivity contribution < 1.29 is 14.4 Å². The van der Waals surface area contributed by atoms with Gasteiger partial charge in [0.25, 0.3) is 5.88 Å². The Morgan fingerprint density at radius 3 is 3.20 bits per heavy atom. The van der Waals surface area contributed by atoms with Crippen LogP contribution >= 0.6 is 0 Å². The van der Waals surface area contributed by atoms with Gasteiger partial charge in [0.1, 0.15) is 11.6 Å². The molecule has 1 amide bonds. The van der Waals surface area contributed by atoms with Crippen molar-refractivity contribution in [2.45, 2.75) is 6.42 Å². The van der Waals surface area contributed by atoms with Gasteiger partial charge in [0.2, 0.25) is 5.91 Å². The summed E-state index contributed by atoms with van der Waals surface area (Å²) >= 11 is 0. The Kier molecular flexibility index (Phi) is 2.39. The van der Waals surface area contributed by atoms with E-state index in [1.807, 2.05) is 6.07 Å². The van der Waals surface area contributed by atoms with Crippen molar-refractivity contribution in [3.05, 3.63) is 11.8 Å². The van der Waals surface area contributed by atoms with Crippen molar-refractivity contribution in [2.75, 3.05) is 18.1 Å². The summed E-state index contributed by atoms with van der Waals surface area (Å²) in [4.78, 5) is 12.9. The van der Waals surface area contributed by atoms with Crippen molar-refractivity contribution in [1.82, 2.24) is 5.16 Å². The van der Waals surface area contributed by atoms with E-state index in [4.69, 9.17) is 14.9 Å². The number of aromatic nitrogens is 1. The van der Waals surface area contributed by atoms with Gasteiger partial charge in [0.15, 0.2) is 0 Å². The third-order valence-electron chi connectivity index (χ3n) is 2.38. The van der Waals surface area contributed by atoms with Crippen LogP contribution in [0.25, 0.3) is 0 Å². The third kappa shape index (κ3) is 1.57. The lowest BCUT2D eigenvalue weighted by Crippen LogP contribution is -2.25. The number of carbonyl (C=O) groups is 1. The number of carbonyl (C=O) groups excluding carboxylic acids is 1. The average molecular weight is 207 g/mol. The maximum atomic E-state index is 11.5. The van der Waals surface area contributed by atoms with Crippen LogP contribution in [-0.2, 0) is 4.79 Å². The summed E-state index contributed by atoms with van der Waals surface area (Å²) in [6.45, 7) is 0.331. The zero-order chi connectivity index (χ0) is 10.8. The minimum absolute atomic E-state index is 0.0434. The van der Waals surface area contributed by atoms with Gasteiger partial charge in [0, 0.05) is 25.5 Å². The summed E-state index contributed by atoms with van der Waals surface area (Å²) in [6.07, 6.45) is 1.55. The van der Waals surface area contributed by atoms with E-state index >= 15 is 0 Å². The van der Waals surface area contributed by atoms with E-state index < -0.39 is 0 Å². The topological polar surface area (TPSA) is 90.4 Å². The fourth-order valence-corrected chi connectivity index (χ4v) is 1.60. The summed E-state index contributed by atoms with van der Waals surface area (Å²) in [6, 6.07) is 1.89. The standard InChI is InChI=1S/C9H9N3O3/c10-2-7-3-11-15-9(7)12-4-6(5-13)1-8(12)14/h3,6,13H,1,4-5H2. The van der Waals surface area contributed by atoms with Crippen LogP contribution in [0.3, 0.4) is 0 Å². The predicted octanol–water partition coefficient (Wildman–Crippen LogP) is -0.109. The number of amides is 1. The molecule has 0 saturated carbocycles. The zero-order valence-corrected chi connectivity index (χ0v) is 7.88. The number of nitrogens with zero attached hydrogens (tertiary/aromatic N) is 3. The van der Waals surface area contributed by atoms with Gasteiger partial charge >= 0.3 is 0 Å². The van der Waals surface area contributed by atoms with E-state index in [-0.39, 0.29) is 36.3 Å². The summed E-state index contributed by atoms with van der Waals surface area (Å²) in [5, 5.41) is 21.1. The Bertz CT molecular complexity index is 420. The van der Waals surface area contributed by atoms with Crippen LogP contribution < -0.4 is 4.90 Å². The first-order chi connectivity index (χ1) is 7.26. The predicted molar refractivity (Wildman–Crippen MR) is 48.8 cm³/mol. The average Bonchev–Trinajstić information content (AvgIpc) is 2.82. The molecule has 1 aromatic heterocycles. The second-order valence-corrected chi connectivity index (χ2v) is 3.41. The molecule has 1 N–H and O–H groups in total. The van der Waals surface area contributed by atoms with Gasteiger partial charge in [-0.05, 0) is 0 Å². The molecule has 0 aromatic carbocycles. The number of nitriles is 1. The van der Waals surface area contributed by atoms with Crippen LogP contribution in [0.1, 0.15) is 12.0 Å². The summed E-state index contributed by atoms with van der Waals surface area (Å²) in [5.74, 6) is -0.0603. The van der Waals surface area contributed by atoms with Crippen LogP contribution in [0.4, 0.5) is 5.88 Å². The highest BCUT2D eigenvalue weighted by Gasteiger charge is 2.33. The van der Waals surface area contributed by atoms with Crippen LogP contribution in [-0.4, -0.2) is 29.3 Å². The highest BCUT2D eigenvalue weighted by Crippen LogP contribution is 2.27. The van der Waals surface area contributed by atoms with E-state index in [1.54, 1.807) is 0 Å². The van der Waals surface area contributed by atoms with E-state index in [2.05, 4.69) is 5.16 Å². The molecular formula is C9H9N3O3. The van der Waals surface area contributed by atoms with E-state index in [0.717, 1.165) is 0 Å². The maximum absolute atomic E-state index is 11.5. The van der Waals surface area contributed by atoms with Crippen LogP contribution in [0.15, 0.2) is 10.7 Å². The number of hydrogen-bond donors (Lipinski definition) is 1. The Labute approximate surface area is 85.7 Å². The lowest BCUT2D eigenvalue weighted by atomic mass is 10.1. The first kappa shape index (κ1) is 9.68. The molecule has 6 nitrogen and oxygen atoms in total. The van der Waals surface area contributed by atoms with Crippen molar-refractivity contribution in [3.8, 4) is 6.07 Å². The molecule has 2 heterocycles. The molecule has 1 unspecified atom stereocenters. The molecule has 0 aliphatic carbocycles. The minimum atomic E-state index is -0.151. The van der Waals surface area contributed by atoms with Crippen molar-refractivity contribution in [2.24, 2.45) is 5.92 Å². The molecule has 6 heteroatoms. The number of anilines is 1. The van der Waals surface area contributed by atoms with Gasteiger partial charge in [-0.3, -0.25) is 9.69 Å². The summed E-state index contributed by atoms with van der Waals surface area (Å²) < 4.78 is 4.85. The molecular weight excluding hydrogens is 198 g/mol. The van der Waals surface area contributed by atoms with E-state index in [9.17, 15) is 4.79 Å². The number of hydrogen-bond acceptors (Lipinski definition) is 5. The molecule has 78 valence electrons. The monoisotopic (exact) mass is 207 g/mol. The Morgan fingerprint density at radius 2 is 2.60 bits per heavy atom. The number of aliphatic hydroxyl groups is 1. The normalized spacial score (nSPS) is 20.7. The molecule has 1 aliphatic rings. The second-order valence-electron chi connectivity index (χ2n) is 3.41. The smallest absolute Gasteiger partial charge is 0.251 e. The largest absolute Gasteiger partial charge is 0.396 e. The van der Waals surface area contributed by atoms with Gasteiger partial charge < -0.3 is 9.63 Å². The molecule has 0 bridgehead atoms. The molecule has 1 saturated heterocycles. The number of rotatable bonds is 2. The fraction of sp³-hybridized carbons (Fsp3) is 0.444. The molecule has 1 fully saturated rings. The van der Waals surface area contributed by atoms with Crippen molar-refractivity contribution in [1.29, 1.82) is 5.26 Å². The van der Waals surface area contributed by atoms with Gasteiger partial charge in [-0.25, -0.2) is 0 Å². The molecule has 15 heavy (non-hydrogen) atoms. The number of aliphatic hydroxyl groups excluding tert-OH is 1. The molecule has 1 aliphatic heterocycles. The highest BCUT2D eigenvalue weighted by atomic mass is 16.5. The van der Waals surface area contributed by atoms with Gasteiger partial charge in [-0.1, -0.05) is 5.16 Å². The second kappa shape index (κ2) is 3.71. The molecule has 0 radical (unpaired) electrons. The lowest BCUT2D eigenvalue weighted by molar-refractivity contribution is -0.117. The van der Waals surface area contributed by atoms with Gasteiger partial charge in [-0.15, -0.1) is 0 Å². The first-order valence-electron chi connectivity index (χ1n) is 4.52. The highest BCUT2D eigenvalue weighted by molar-refractivity contribution is 5.95. The Hall–Kier alpha value is -1.87. The van der Waals surface area contributed by atoms with Gasteiger partial charge in [-0.2, -0.15) is 5.26 Å². The zero-order valence-electron chi connectivity index (χ0n) is 7.88. The minimum Gasteiger partial charge on any atom is -0.396 e. The first-order valence-corrected chi connectivity index (χ1v) is 4.52. The quantitative estimate of drug-likeness (QED) is 0.730. The Morgan fingerprint density at radius 1 is 1.80 bits per heavy atom. The van der Waals surface area contributed by atoms with Gasteiger partial charge in [0.05, 0.1) is 6.20 Å². The maximum Gasteiger partial charge on any atom is 0.251 e. The van der Waals surface area contributed by atoms with E-state index in [0.29, 0.717) is 6.54 Å². The third-order valence-corrected chi connectivity index (χ3v) is 2.38.